The van der Waals surface area contributed by atoms with Crippen molar-refractivity contribution >= 4 is 17.6 Å². The summed E-state index contributed by atoms with van der Waals surface area (Å²) in [5.41, 5.74) is 1.15. The zero-order chi connectivity index (χ0) is 17.9. The minimum atomic E-state index is -0.702. The van der Waals surface area contributed by atoms with Crippen LogP contribution in [0.25, 0.3) is 0 Å². The highest BCUT2D eigenvalue weighted by atomic mass is 16.5. The second kappa shape index (κ2) is 10.1. The number of ether oxygens (including phenoxy) is 1. The Labute approximate surface area is 142 Å². The fourth-order valence-electron chi connectivity index (χ4n) is 2.15. The molecule has 1 rings (SSSR count). The van der Waals surface area contributed by atoms with Gasteiger partial charge in [-0.1, -0.05) is 13.8 Å². The van der Waals surface area contributed by atoms with Crippen molar-refractivity contribution in [2.45, 2.75) is 26.7 Å². The molecule has 1 aromatic carbocycles. The van der Waals surface area contributed by atoms with E-state index in [4.69, 9.17) is 5.26 Å². The molecule has 0 spiro atoms. The molecule has 0 aliphatic heterocycles. The lowest BCUT2D eigenvalue weighted by molar-refractivity contribution is -0.135. The third kappa shape index (κ3) is 5.43. The maximum atomic E-state index is 12.5. The van der Waals surface area contributed by atoms with E-state index >= 15 is 0 Å². The summed E-state index contributed by atoms with van der Waals surface area (Å²) >= 11 is 0. The van der Waals surface area contributed by atoms with Gasteiger partial charge in [-0.2, -0.15) is 5.26 Å². The Morgan fingerprint density at radius 2 is 1.79 bits per heavy atom. The lowest BCUT2D eigenvalue weighted by Gasteiger charge is -2.21. The first-order valence-electron chi connectivity index (χ1n) is 7.91. The molecule has 0 radical (unpaired) electrons. The molecule has 0 saturated carbocycles. The van der Waals surface area contributed by atoms with Gasteiger partial charge in [0.2, 0.25) is 0 Å². The van der Waals surface area contributed by atoms with Crippen molar-refractivity contribution in [2.24, 2.45) is 0 Å². The fraction of sp³-hybridized carbons (Fsp3) is 0.389. The highest BCUT2D eigenvalue weighted by Crippen LogP contribution is 2.13. The second-order valence-corrected chi connectivity index (χ2v) is 5.18. The monoisotopic (exact) mass is 329 g/mol. The number of carbonyl (C=O) groups is 2. The lowest BCUT2D eigenvalue weighted by Crippen LogP contribution is -2.32. The van der Waals surface area contributed by atoms with Gasteiger partial charge < -0.3 is 15.0 Å². The minimum Gasteiger partial charge on any atom is -0.465 e. The smallest absolute Gasteiger partial charge is 0.350 e. The summed E-state index contributed by atoms with van der Waals surface area (Å²) in [6, 6.07) is 8.66. The summed E-state index contributed by atoms with van der Waals surface area (Å²) in [4.78, 5) is 25.6. The van der Waals surface area contributed by atoms with E-state index in [1.165, 1.54) is 13.3 Å². The molecule has 1 amide bonds. The Bertz CT molecular complexity index is 624. The first kappa shape index (κ1) is 19.2. The molecule has 0 aliphatic rings. The number of anilines is 1. The number of hydrogen-bond acceptors (Lipinski definition) is 5. The van der Waals surface area contributed by atoms with Gasteiger partial charge in [-0.3, -0.25) is 4.79 Å². The minimum absolute atomic E-state index is 0.00747. The summed E-state index contributed by atoms with van der Waals surface area (Å²) in [5.74, 6) is -0.695. The third-order valence-corrected chi connectivity index (χ3v) is 3.32. The highest BCUT2D eigenvalue weighted by Gasteiger charge is 2.14. The Morgan fingerprint density at radius 3 is 2.25 bits per heavy atom. The van der Waals surface area contributed by atoms with Crippen molar-refractivity contribution in [3.8, 4) is 6.07 Å². The van der Waals surface area contributed by atoms with E-state index in [0.717, 1.165) is 25.9 Å². The molecule has 0 aliphatic carbocycles. The van der Waals surface area contributed by atoms with Crippen LogP contribution in [0.4, 0.5) is 5.69 Å². The number of carbonyl (C=O) groups excluding carboxylic acids is 2. The summed E-state index contributed by atoms with van der Waals surface area (Å²) in [6.45, 7) is 5.56. The number of amides is 1. The van der Waals surface area contributed by atoms with Crippen LogP contribution in [-0.2, 0) is 9.53 Å². The van der Waals surface area contributed by atoms with Gasteiger partial charge in [0.25, 0.3) is 5.91 Å². The summed E-state index contributed by atoms with van der Waals surface area (Å²) in [7, 11) is 1.21. The van der Waals surface area contributed by atoms with E-state index < -0.39 is 5.97 Å². The third-order valence-electron chi connectivity index (χ3n) is 3.32. The molecule has 0 aromatic heterocycles. The molecular formula is C18H23N3O3. The Hall–Kier alpha value is -2.81. The maximum Gasteiger partial charge on any atom is 0.350 e. The maximum absolute atomic E-state index is 12.5. The predicted molar refractivity (Wildman–Crippen MR) is 92.3 cm³/mol. The molecule has 0 heterocycles. The fourth-order valence-corrected chi connectivity index (χ4v) is 2.15. The molecule has 1 N–H and O–H groups in total. The Balaban J connectivity index is 2.82. The van der Waals surface area contributed by atoms with E-state index in [1.807, 2.05) is 18.7 Å². The Morgan fingerprint density at radius 1 is 1.21 bits per heavy atom. The zero-order valence-electron chi connectivity index (χ0n) is 14.3. The molecule has 24 heavy (non-hydrogen) atoms. The number of esters is 1. The van der Waals surface area contributed by atoms with Gasteiger partial charge in [0.05, 0.1) is 7.11 Å². The quantitative estimate of drug-likeness (QED) is 0.450. The highest BCUT2D eigenvalue weighted by molar-refractivity contribution is 5.95. The average molecular weight is 329 g/mol. The number of nitrogens with one attached hydrogen (secondary N) is 1. The number of benzene rings is 1. The van der Waals surface area contributed by atoms with Crippen molar-refractivity contribution in [3.63, 3.8) is 0 Å². The van der Waals surface area contributed by atoms with Crippen LogP contribution >= 0.6 is 0 Å². The van der Waals surface area contributed by atoms with Gasteiger partial charge in [-0.05, 0) is 37.1 Å². The predicted octanol–water partition coefficient (Wildman–Crippen LogP) is 2.94. The topological polar surface area (TPSA) is 82.4 Å². The largest absolute Gasteiger partial charge is 0.465 e. The van der Waals surface area contributed by atoms with Crippen LogP contribution < -0.4 is 5.32 Å². The normalized spacial score (nSPS) is 10.7. The van der Waals surface area contributed by atoms with Gasteiger partial charge in [-0.15, -0.1) is 0 Å². The van der Waals surface area contributed by atoms with Crippen LogP contribution in [0.5, 0.6) is 0 Å². The molecule has 0 unspecified atom stereocenters. The standard InChI is InChI=1S/C18H23N3O3/c1-4-10-21(11-5-2)17(22)14-6-8-16(9-7-14)20-13-15(12-19)18(23)24-3/h6-9,13,20H,4-5,10-11H2,1-3H3/b15-13+. The number of hydrogen-bond donors (Lipinski definition) is 1. The first-order valence-corrected chi connectivity index (χ1v) is 7.91. The van der Waals surface area contributed by atoms with Crippen molar-refractivity contribution in [1.29, 1.82) is 5.26 Å². The summed E-state index contributed by atoms with van der Waals surface area (Å²) in [5, 5.41) is 11.7. The molecule has 0 atom stereocenters. The van der Waals surface area contributed by atoms with Crippen molar-refractivity contribution in [3.05, 3.63) is 41.6 Å². The molecule has 0 bridgehead atoms. The molecule has 128 valence electrons. The number of methoxy groups -OCH3 is 1. The molecule has 0 fully saturated rings. The molecule has 6 nitrogen and oxygen atoms in total. The van der Waals surface area contributed by atoms with Gasteiger partial charge in [0.15, 0.2) is 5.57 Å². The SMILES string of the molecule is CCCN(CCC)C(=O)c1ccc(N/C=C(\C#N)C(=O)OC)cc1. The van der Waals surface area contributed by atoms with Crippen LogP contribution in [0, 0.1) is 11.3 Å². The molecule has 1 aromatic rings. The van der Waals surface area contributed by atoms with Crippen molar-refractivity contribution in [1.82, 2.24) is 4.90 Å². The van der Waals surface area contributed by atoms with E-state index in [0.29, 0.717) is 11.3 Å². The molecular weight excluding hydrogens is 306 g/mol. The van der Waals surface area contributed by atoms with E-state index in [-0.39, 0.29) is 11.5 Å². The van der Waals surface area contributed by atoms with E-state index in [9.17, 15) is 9.59 Å². The molecule has 0 saturated heterocycles. The Kier molecular flexibility index (Phi) is 8.06. The van der Waals surface area contributed by atoms with E-state index in [1.54, 1.807) is 30.3 Å². The summed E-state index contributed by atoms with van der Waals surface area (Å²) in [6.07, 6.45) is 3.12. The van der Waals surface area contributed by atoms with Crippen LogP contribution in [0.3, 0.4) is 0 Å². The van der Waals surface area contributed by atoms with Crippen LogP contribution in [0.15, 0.2) is 36.0 Å². The number of rotatable bonds is 8. The first-order chi connectivity index (χ1) is 11.6. The molecule has 6 heteroatoms. The second-order valence-electron chi connectivity index (χ2n) is 5.18. The summed E-state index contributed by atoms with van der Waals surface area (Å²) < 4.78 is 4.49. The van der Waals surface area contributed by atoms with Crippen LogP contribution in [0.1, 0.15) is 37.0 Å². The van der Waals surface area contributed by atoms with Gasteiger partial charge in [0, 0.05) is 30.5 Å². The van der Waals surface area contributed by atoms with Gasteiger partial charge in [0.1, 0.15) is 6.07 Å². The van der Waals surface area contributed by atoms with Crippen molar-refractivity contribution in [2.75, 3.05) is 25.5 Å². The van der Waals surface area contributed by atoms with Gasteiger partial charge >= 0.3 is 5.97 Å². The van der Waals surface area contributed by atoms with Crippen LogP contribution in [-0.4, -0.2) is 37.0 Å². The average Bonchev–Trinajstić information content (AvgIpc) is 2.61. The number of nitrogens with zero attached hydrogens (tertiary/aromatic N) is 2. The zero-order valence-corrected chi connectivity index (χ0v) is 14.3. The lowest BCUT2D eigenvalue weighted by atomic mass is 10.1. The number of nitriles is 1. The van der Waals surface area contributed by atoms with E-state index in [2.05, 4.69) is 10.1 Å². The van der Waals surface area contributed by atoms with Crippen LogP contribution in [0.2, 0.25) is 0 Å². The van der Waals surface area contributed by atoms with Gasteiger partial charge in [-0.25, -0.2) is 4.79 Å². The van der Waals surface area contributed by atoms with Crippen molar-refractivity contribution < 1.29 is 14.3 Å².